The highest BCUT2D eigenvalue weighted by Crippen LogP contribution is 2.22. The number of nitrogens with one attached hydrogen (secondary N) is 1. The average Bonchev–Trinajstić information content (AvgIpc) is 2.83. The lowest BCUT2D eigenvalue weighted by molar-refractivity contribution is 0.426. The van der Waals surface area contributed by atoms with E-state index in [1.54, 1.807) is 23.5 Å². The average molecular weight is 306 g/mol. The molecule has 114 valence electrons. The zero-order chi connectivity index (χ0) is 15.5. The second-order valence-corrected chi connectivity index (χ2v) is 7.56. The summed E-state index contributed by atoms with van der Waals surface area (Å²) >= 11 is 1.80. The number of anilines is 1. The fraction of sp³-hybridized carbons (Fsp3) is 0.412. The monoisotopic (exact) mass is 306 g/mol. The van der Waals surface area contributed by atoms with Gasteiger partial charge in [0.25, 0.3) is 0 Å². The predicted octanol–water partition coefficient (Wildman–Crippen LogP) is 4.41. The van der Waals surface area contributed by atoms with Gasteiger partial charge in [0.15, 0.2) is 0 Å². The predicted molar refractivity (Wildman–Crippen MR) is 89.4 cm³/mol. The number of rotatable bonds is 5. The molecule has 1 N–H and O–H groups in total. The third-order valence-electron chi connectivity index (χ3n) is 3.15. The molecule has 2 aromatic rings. The van der Waals surface area contributed by atoms with E-state index in [2.05, 4.69) is 43.1 Å². The van der Waals surface area contributed by atoms with Crippen LogP contribution in [-0.4, -0.2) is 12.6 Å². The van der Waals surface area contributed by atoms with Crippen molar-refractivity contribution in [3.8, 4) is 0 Å². The van der Waals surface area contributed by atoms with Gasteiger partial charge in [0.1, 0.15) is 5.82 Å². The first-order valence-electron chi connectivity index (χ1n) is 7.13. The highest BCUT2D eigenvalue weighted by atomic mass is 32.1. The van der Waals surface area contributed by atoms with Gasteiger partial charge in [-0.1, -0.05) is 6.07 Å². The van der Waals surface area contributed by atoms with Gasteiger partial charge in [0, 0.05) is 34.6 Å². The number of hydrogen-bond donors (Lipinski definition) is 1. The summed E-state index contributed by atoms with van der Waals surface area (Å²) in [5, 5.41) is 3.49. The normalized spacial score (nSPS) is 11.7. The van der Waals surface area contributed by atoms with Gasteiger partial charge < -0.3 is 10.2 Å². The van der Waals surface area contributed by atoms with Crippen molar-refractivity contribution in [2.45, 2.75) is 39.4 Å². The van der Waals surface area contributed by atoms with Crippen LogP contribution in [0.5, 0.6) is 0 Å². The van der Waals surface area contributed by atoms with E-state index in [1.165, 1.54) is 15.8 Å². The molecule has 0 fully saturated rings. The third kappa shape index (κ3) is 5.14. The molecule has 0 aliphatic heterocycles. The molecule has 1 heterocycles. The molecule has 0 radical (unpaired) electrons. The number of thiophene rings is 1. The van der Waals surface area contributed by atoms with Crippen LogP contribution >= 0.6 is 11.3 Å². The summed E-state index contributed by atoms with van der Waals surface area (Å²) in [6, 6.07) is 11.0. The van der Waals surface area contributed by atoms with Crippen LogP contribution in [0.25, 0.3) is 0 Å². The van der Waals surface area contributed by atoms with Crippen molar-refractivity contribution in [1.82, 2.24) is 5.32 Å². The molecular formula is C17H23FN2S. The maximum Gasteiger partial charge on any atom is 0.125 e. The van der Waals surface area contributed by atoms with Crippen molar-refractivity contribution in [3.05, 3.63) is 52.0 Å². The Labute approximate surface area is 130 Å². The Kier molecular flexibility index (Phi) is 5.01. The van der Waals surface area contributed by atoms with Crippen molar-refractivity contribution in [1.29, 1.82) is 0 Å². The molecule has 0 aliphatic carbocycles. The standard InChI is InChI=1S/C17H23FN2S/c1-17(2,3)19-11-15-8-9-16(21-15)12-20(4)14-7-5-6-13(18)10-14/h5-10,19H,11-12H2,1-4H3. The maximum absolute atomic E-state index is 13.3. The van der Waals surface area contributed by atoms with Gasteiger partial charge in [-0.05, 0) is 51.1 Å². The molecule has 2 nitrogen and oxygen atoms in total. The molecule has 0 atom stereocenters. The van der Waals surface area contributed by atoms with Crippen LogP contribution < -0.4 is 10.2 Å². The number of halogens is 1. The molecule has 0 amide bonds. The zero-order valence-corrected chi connectivity index (χ0v) is 13.9. The van der Waals surface area contributed by atoms with Gasteiger partial charge in [-0.25, -0.2) is 4.39 Å². The lowest BCUT2D eigenvalue weighted by atomic mass is 10.1. The number of nitrogens with zero attached hydrogens (tertiary/aromatic N) is 1. The van der Waals surface area contributed by atoms with E-state index in [-0.39, 0.29) is 11.4 Å². The van der Waals surface area contributed by atoms with E-state index in [0.717, 1.165) is 18.8 Å². The molecule has 0 saturated carbocycles. The van der Waals surface area contributed by atoms with Crippen molar-refractivity contribution < 1.29 is 4.39 Å². The largest absolute Gasteiger partial charge is 0.369 e. The number of hydrogen-bond acceptors (Lipinski definition) is 3. The second kappa shape index (κ2) is 6.58. The Bertz CT molecular complexity index is 586. The van der Waals surface area contributed by atoms with E-state index in [1.807, 2.05) is 13.1 Å². The first-order chi connectivity index (χ1) is 9.83. The summed E-state index contributed by atoms with van der Waals surface area (Å²) in [6.07, 6.45) is 0. The Balaban J connectivity index is 1.96. The molecule has 4 heteroatoms. The first-order valence-corrected chi connectivity index (χ1v) is 7.94. The topological polar surface area (TPSA) is 15.3 Å². The summed E-state index contributed by atoms with van der Waals surface area (Å²) in [5.41, 5.74) is 1.03. The van der Waals surface area contributed by atoms with E-state index >= 15 is 0 Å². The highest BCUT2D eigenvalue weighted by molar-refractivity contribution is 7.12. The molecule has 0 unspecified atom stereocenters. The van der Waals surface area contributed by atoms with E-state index in [4.69, 9.17) is 0 Å². The maximum atomic E-state index is 13.3. The molecule has 1 aromatic heterocycles. The number of benzene rings is 1. The summed E-state index contributed by atoms with van der Waals surface area (Å²) in [4.78, 5) is 4.68. The Morgan fingerprint density at radius 2 is 1.86 bits per heavy atom. The lowest BCUT2D eigenvalue weighted by Gasteiger charge is -2.20. The van der Waals surface area contributed by atoms with Crippen molar-refractivity contribution >= 4 is 17.0 Å². The van der Waals surface area contributed by atoms with Crippen molar-refractivity contribution in [3.63, 3.8) is 0 Å². The van der Waals surface area contributed by atoms with Crippen LogP contribution in [0.1, 0.15) is 30.5 Å². The minimum atomic E-state index is -0.194. The van der Waals surface area contributed by atoms with Gasteiger partial charge >= 0.3 is 0 Å². The van der Waals surface area contributed by atoms with Crippen LogP contribution in [-0.2, 0) is 13.1 Å². The van der Waals surface area contributed by atoms with E-state index in [9.17, 15) is 4.39 Å². The Hall–Kier alpha value is -1.39. The molecule has 2 rings (SSSR count). The highest BCUT2D eigenvalue weighted by Gasteiger charge is 2.10. The molecule has 0 saturated heterocycles. The quantitative estimate of drug-likeness (QED) is 0.880. The smallest absolute Gasteiger partial charge is 0.125 e. The molecule has 0 spiro atoms. The van der Waals surface area contributed by atoms with Gasteiger partial charge in [-0.3, -0.25) is 0 Å². The first kappa shape index (κ1) is 16.0. The van der Waals surface area contributed by atoms with E-state index < -0.39 is 0 Å². The minimum absolute atomic E-state index is 0.127. The molecule has 1 aromatic carbocycles. The van der Waals surface area contributed by atoms with Crippen LogP contribution in [0, 0.1) is 5.82 Å². The van der Waals surface area contributed by atoms with Gasteiger partial charge in [-0.15, -0.1) is 11.3 Å². The summed E-state index contributed by atoms with van der Waals surface area (Å²) in [6.45, 7) is 8.18. The van der Waals surface area contributed by atoms with E-state index in [0.29, 0.717) is 0 Å². The van der Waals surface area contributed by atoms with Gasteiger partial charge in [0.05, 0.1) is 6.54 Å². The van der Waals surface area contributed by atoms with Gasteiger partial charge in [-0.2, -0.15) is 0 Å². The van der Waals surface area contributed by atoms with Crippen LogP contribution in [0.4, 0.5) is 10.1 Å². The fourth-order valence-electron chi connectivity index (χ4n) is 1.99. The molecular weight excluding hydrogens is 283 g/mol. The zero-order valence-electron chi connectivity index (χ0n) is 13.1. The van der Waals surface area contributed by atoms with Crippen LogP contribution in [0.2, 0.25) is 0 Å². The summed E-state index contributed by atoms with van der Waals surface area (Å²) in [5.74, 6) is -0.194. The van der Waals surface area contributed by atoms with Crippen LogP contribution in [0.15, 0.2) is 36.4 Å². The third-order valence-corrected chi connectivity index (χ3v) is 4.22. The SMILES string of the molecule is CN(Cc1ccc(CNC(C)(C)C)s1)c1cccc(F)c1. The Morgan fingerprint density at radius 1 is 1.14 bits per heavy atom. The lowest BCUT2D eigenvalue weighted by Crippen LogP contribution is -2.34. The molecule has 21 heavy (non-hydrogen) atoms. The molecule has 0 bridgehead atoms. The molecule has 0 aliphatic rings. The second-order valence-electron chi connectivity index (χ2n) is 6.31. The van der Waals surface area contributed by atoms with Crippen molar-refractivity contribution in [2.24, 2.45) is 0 Å². The minimum Gasteiger partial charge on any atom is -0.369 e. The fourth-order valence-corrected chi connectivity index (χ4v) is 3.00. The summed E-state index contributed by atoms with van der Waals surface area (Å²) < 4.78 is 13.3. The van der Waals surface area contributed by atoms with Gasteiger partial charge in [0.2, 0.25) is 0 Å². The summed E-state index contributed by atoms with van der Waals surface area (Å²) in [7, 11) is 1.99. The van der Waals surface area contributed by atoms with Crippen LogP contribution in [0.3, 0.4) is 0 Å². The Morgan fingerprint density at radius 3 is 2.52 bits per heavy atom. The van der Waals surface area contributed by atoms with Crippen molar-refractivity contribution in [2.75, 3.05) is 11.9 Å².